The predicted molar refractivity (Wildman–Crippen MR) is 157 cm³/mol. The molecular weight excluding hydrogens is 500 g/mol. The number of rotatable bonds is 11. The first-order chi connectivity index (χ1) is 19.6. The summed E-state index contributed by atoms with van der Waals surface area (Å²) in [6.07, 6.45) is 8.61. The van der Waals surface area contributed by atoms with Gasteiger partial charge in [-0.3, -0.25) is 24.3 Å². The average molecular weight is 533 g/mol. The van der Waals surface area contributed by atoms with Crippen molar-refractivity contribution >= 4 is 5.91 Å². The van der Waals surface area contributed by atoms with Gasteiger partial charge in [-0.25, -0.2) is 0 Å². The van der Waals surface area contributed by atoms with E-state index in [1.165, 1.54) is 6.07 Å². The molecule has 0 aliphatic carbocycles. The number of amides is 1. The van der Waals surface area contributed by atoms with E-state index >= 15 is 0 Å². The maximum absolute atomic E-state index is 13.8. The molecule has 0 bridgehead atoms. The smallest absolute Gasteiger partial charge is 0.278 e. The second-order valence-electron chi connectivity index (χ2n) is 9.56. The Hall–Kier alpha value is -4.91. The molecule has 5 rings (SSSR count). The summed E-state index contributed by atoms with van der Waals surface area (Å²) in [4.78, 5) is 33.5. The van der Waals surface area contributed by atoms with Gasteiger partial charge in [0.2, 0.25) is 5.43 Å². The van der Waals surface area contributed by atoms with Crippen molar-refractivity contribution < 1.29 is 9.53 Å². The second kappa shape index (κ2) is 12.3. The largest absolute Gasteiger partial charge is 0.482 e. The Balaban J connectivity index is 1.68. The molecule has 0 saturated heterocycles. The van der Waals surface area contributed by atoms with Crippen LogP contribution >= 0.6 is 0 Å². The minimum atomic E-state index is -0.356. The van der Waals surface area contributed by atoms with E-state index in [-0.39, 0.29) is 42.1 Å². The van der Waals surface area contributed by atoms with Crippen LogP contribution in [-0.4, -0.2) is 33.7 Å². The van der Waals surface area contributed by atoms with E-state index < -0.39 is 0 Å². The lowest BCUT2D eigenvalue weighted by atomic mass is 9.96. The molecule has 1 atom stereocenters. The van der Waals surface area contributed by atoms with E-state index in [9.17, 15) is 9.59 Å². The summed E-state index contributed by atoms with van der Waals surface area (Å²) in [7, 11) is 0. The van der Waals surface area contributed by atoms with Gasteiger partial charge >= 0.3 is 0 Å². The van der Waals surface area contributed by atoms with E-state index in [1.807, 2.05) is 60.7 Å². The molecule has 0 saturated carbocycles. The number of allylic oxidation sites excluding steroid dienone is 1. The van der Waals surface area contributed by atoms with Gasteiger partial charge in [0.15, 0.2) is 11.4 Å². The van der Waals surface area contributed by atoms with E-state index in [0.29, 0.717) is 6.54 Å². The van der Waals surface area contributed by atoms with Gasteiger partial charge < -0.3 is 9.64 Å². The highest BCUT2D eigenvalue weighted by Crippen LogP contribution is 2.33. The van der Waals surface area contributed by atoms with Crippen molar-refractivity contribution in [1.29, 1.82) is 0 Å². The molecule has 202 valence electrons. The monoisotopic (exact) mass is 532 g/mol. The van der Waals surface area contributed by atoms with E-state index in [4.69, 9.17) is 9.72 Å². The zero-order valence-electron chi connectivity index (χ0n) is 22.4. The van der Waals surface area contributed by atoms with Crippen LogP contribution in [0.25, 0.3) is 0 Å². The van der Waals surface area contributed by atoms with Crippen LogP contribution in [0.4, 0.5) is 0 Å². The van der Waals surface area contributed by atoms with Gasteiger partial charge in [-0.05, 0) is 35.6 Å². The van der Waals surface area contributed by atoms with Crippen molar-refractivity contribution in [2.45, 2.75) is 25.5 Å². The van der Waals surface area contributed by atoms with Crippen LogP contribution in [0.2, 0.25) is 0 Å². The molecular formula is C33H32N4O3. The molecule has 0 N–H and O–H groups in total. The van der Waals surface area contributed by atoms with Gasteiger partial charge in [-0.1, -0.05) is 78.9 Å². The first-order valence-electron chi connectivity index (χ1n) is 13.3. The standard InChI is InChI=1S/C33H32N4O3/c1-3-5-15-26-18-12-20-34-29(26)30(27-16-10-7-11-17-27)37-24-35(21-4-2)33(39)31-32(28(38)19-22-36(31)37)40-23-25-13-8-6-9-14-25/h3-4,6-14,16-20,22,30H,1-2,5,15,21,23-24H2. The number of ether oxygens (including phenoxy) is 1. The molecule has 0 radical (unpaired) electrons. The molecule has 1 amide bonds. The fourth-order valence-electron chi connectivity index (χ4n) is 5.02. The number of nitrogens with zero attached hydrogens (tertiary/aromatic N) is 4. The third kappa shape index (κ3) is 5.45. The fraction of sp³-hybridized carbons (Fsp3) is 0.182. The summed E-state index contributed by atoms with van der Waals surface area (Å²) in [5.41, 5.74) is 3.70. The average Bonchev–Trinajstić information content (AvgIpc) is 2.99. The van der Waals surface area contributed by atoms with Gasteiger partial charge in [-0.2, -0.15) is 0 Å². The minimum absolute atomic E-state index is 0.0230. The molecule has 2 aromatic heterocycles. The maximum atomic E-state index is 13.8. The number of carbonyl (C=O) groups is 1. The van der Waals surface area contributed by atoms with Crippen LogP contribution in [0.15, 0.2) is 121 Å². The lowest BCUT2D eigenvalue weighted by Gasteiger charge is -2.44. The Morgan fingerprint density at radius 2 is 1.68 bits per heavy atom. The van der Waals surface area contributed by atoms with Crippen molar-refractivity contribution in [2.75, 3.05) is 18.2 Å². The summed E-state index contributed by atoms with van der Waals surface area (Å²) in [6.45, 7) is 8.48. The van der Waals surface area contributed by atoms with Crippen molar-refractivity contribution in [1.82, 2.24) is 14.6 Å². The van der Waals surface area contributed by atoms with Crippen LogP contribution < -0.4 is 15.2 Å². The van der Waals surface area contributed by atoms with Crippen LogP contribution in [0, 0.1) is 0 Å². The zero-order valence-corrected chi connectivity index (χ0v) is 22.4. The highest BCUT2D eigenvalue weighted by atomic mass is 16.5. The highest BCUT2D eigenvalue weighted by molar-refractivity contribution is 5.96. The number of hydrogen-bond acceptors (Lipinski definition) is 5. The second-order valence-corrected chi connectivity index (χ2v) is 9.56. The molecule has 0 spiro atoms. The number of hydrogen-bond donors (Lipinski definition) is 0. The number of pyridine rings is 2. The Morgan fingerprint density at radius 3 is 2.40 bits per heavy atom. The number of fused-ring (bicyclic) bond motifs is 1. The minimum Gasteiger partial charge on any atom is -0.482 e. The lowest BCUT2D eigenvalue weighted by molar-refractivity contribution is 0.0697. The predicted octanol–water partition coefficient (Wildman–Crippen LogP) is 5.27. The normalized spacial score (nSPS) is 13.4. The van der Waals surface area contributed by atoms with Gasteiger partial charge in [0, 0.05) is 25.0 Å². The van der Waals surface area contributed by atoms with Crippen molar-refractivity contribution in [3.63, 3.8) is 0 Å². The van der Waals surface area contributed by atoms with E-state index in [2.05, 4.69) is 36.4 Å². The van der Waals surface area contributed by atoms with E-state index in [1.54, 1.807) is 28.0 Å². The Labute approximate surface area is 234 Å². The highest BCUT2D eigenvalue weighted by Gasteiger charge is 2.37. The number of aryl methyl sites for hydroxylation is 1. The molecule has 0 fully saturated rings. The van der Waals surface area contributed by atoms with Gasteiger partial charge in [0.05, 0.1) is 5.69 Å². The maximum Gasteiger partial charge on any atom is 0.278 e. The molecule has 3 heterocycles. The SMILES string of the molecule is C=CCCc1cccnc1C(c1ccccc1)N1CN(CC=C)C(=O)c2c(OCc3ccccc3)c(=O)ccn21. The fourth-order valence-corrected chi connectivity index (χ4v) is 5.02. The third-order valence-electron chi connectivity index (χ3n) is 6.91. The number of aromatic nitrogens is 2. The topological polar surface area (TPSA) is 67.7 Å². The van der Waals surface area contributed by atoms with Crippen LogP contribution in [0.3, 0.4) is 0 Å². The molecule has 7 heteroatoms. The Morgan fingerprint density at radius 1 is 0.925 bits per heavy atom. The quantitative estimate of drug-likeness (QED) is 0.246. The summed E-state index contributed by atoms with van der Waals surface area (Å²) in [5.74, 6) is -0.272. The number of carbonyl (C=O) groups excluding carboxylic acids is 1. The van der Waals surface area contributed by atoms with Crippen molar-refractivity contribution in [3.8, 4) is 5.75 Å². The third-order valence-corrected chi connectivity index (χ3v) is 6.91. The molecule has 2 aromatic carbocycles. The summed E-state index contributed by atoms with van der Waals surface area (Å²) >= 11 is 0. The van der Waals surface area contributed by atoms with E-state index in [0.717, 1.165) is 35.2 Å². The van der Waals surface area contributed by atoms with Gasteiger partial charge in [0.1, 0.15) is 19.3 Å². The van der Waals surface area contributed by atoms with Crippen molar-refractivity contribution in [3.05, 3.63) is 155 Å². The van der Waals surface area contributed by atoms with Gasteiger partial charge in [-0.15, -0.1) is 13.2 Å². The van der Waals surface area contributed by atoms with Crippen LogP contribution in [0.1, 0.15) is 45.3 Å². The molecule has 1 aliphatic heterocycles. The molecule has 7 nitrogen and oxygen atoms in total. The van der Waals surface area contributed by atoms with Crippen LogP contribution in [0.5, 0.6) is 5.75 Å². The summed E-state index contributed by atoms with van der Waals surface area (Å²) < 4.78 is 7.83. The molecule has 4 aromatic rings. The molecule has 1 aliphatic rings. The Bertz CT molecular complexity index is 1550. The Kier molecular flexibility index (Phi) is 8.21. The zero-order chi connectivity index (χ0) is 27.9. The van der Waals surface area contributed by atoms with Gasteiger partial charge in [0.25, 0.3) is 5.91 Å². The van der Waals surface area contributed by atoms with Crippen LogP contribution in [-0.2, 0) is 13.0 Å². The first-order valence-corrected chi connectivity index (χ1v) is 13.3. The summed E-state index contributed by atoms with van der Waals surface area (Å²) in [6, 6.07) is 24.8. The molecule has 1 unspecified atom stereocenters. The molecule has 40 heavy (non-hydrogen) atoms. The number of benzene rings is 2. The lowest BCUT2D eigenvalue weighted by Crippen LogP contribution is -2.55. The summed E-state index contributed by atoms with van der Waals surface area (Å²) in [5, 5.41) is 2.06. The van der Waals surface area contributed by atoms with Crippen molar-refractivity contribution in [2.24, 2.45) is 0 Å². The first kappa shape index (κ1) is 26.7.